The Hall–Kier alpha value is -1.24. The number of fused-ring (bicyclic) bond motifs is 1. The number of anilines is 2. The van der Waals surface area contributed by atoms with Gasteiger partial charge in [0.2, 0.25) is 0 Å². The molecule has 174 valence electrons. The lowest BCUT2D eigenvalue weighted by Crippen LogP contribution is -2.33. The molecule has 1 heterocycles. The van der Waals surface area contributed by atoms with E-state index in [-0.39, 0.29) is 11.4 Å². The number of para-hydroxylation sites is 1. The third kappa shape index (κ3) is 6.64. The molecular weight excluding hydrogens is 454 g/mol. The summed E-state index contributed by atoms with van der Waals surface area (Å²) in [5, 5.41) is 0. The second kappa shape index (κ2) is 12.3. The van der Waals surface area contributed by atoms with Crippen molar-refractivity contribution in [3.8, 4) is 0 Å². The largest absolute Gasteiger partial charge is 0.465 e. The molecule has 2 aromatic rings. The Morgan fingerprint density at radius 1 is 1.22 bits per heavy atom. The first kappa shape index (κ1) is 25.4. The summed E-state index contributed by atoms with van der Waals surface area (Å²) in [5.74, 6) is 2.21. The molecule has 1 atom stereocenters. The van der Waals surface area contributed by atoms with Gasteiger partial charge in [0, 0.05) is 33.5 Å². The molecular formula is C26H35NO2S3. The van der Waals surface area contributed by atoms with E-state index in [2.05, 4.69) is 67.5 Å². The van der Waals surface area contributed by atoms with E-state index in [1.807, 2.05) is 18.7 Å². The summed E-state index contributed by atoms with van der Waals surface area (Å²) >= 11 is 5.42. The third-order valence-corrected chi connectivity index (χ3v) is 9.01. The van der Waals surface area contributed by atoms with Crippen molar-refractivity contribution in [3.63, 3.8) is 0 Å². The van der Waals surface area contributed by atoms with Crippen molar-refractivity contribution in [1.29, 1.82) is 0 Å². The Bertz CT molecular complexity index is 890. The molecule has 1 aliphatic rings. The molecule has 0 N–H and O–H groups in total. The lowest BCUT2D eigenvalue weighted by Gasteiger charge is -2.34. The Morgan fingerprint density at radius 2 is 2.00 bits per heavy atom. The van der Waals surface area contributed by atoms with Crippen LogP contribution >= 0.6 is 35.3 Å². The second-order valence-corrected chi connectivity index (χ2v) is 11.4. The molecule has 0 aliphatic carbocycles. The molecule has 2 aromatic carbocycles. The van der Waals surface area contributed by atoms with Gasteiger partial charge in [-0.1, -0.05) is 44.9 Å². The standard InChI is InChI=1S/C26H35NO2S3/c1-5-7-13-26(3)18-27(21-11-9-8-10-12-21)22-15-23(30-4)20(14-24(22)32-19-26)16-31-17-25(28)29-6-2/h8-12,14-15H,5-7,13,16-19H2,1-4H3. The monoisotopic (exact) mass is 489 g/mol. The van der Waals surface area contributed by atoms with Gasteiger partial charge >= 0.3 is 5.97 Å². The normalized spacial score (nSPS) is 18.2. The van der Waals surface area contributed by atoms with Gasteiger partial charge in [0.25, 0.3) is 0 Å². The first-order valence-corrected chi connectivity index (χ1v) is 14.8. The molecule has 0 fully saturated rings. The van der Waals surface area contributed by atoms with E-state index in [9.17, 15) is 4.79 Å². The summed E-state index contributed by atoms with van der Waals surface area (Å²) in [5.41, 5.74) is 4.14. The lowest BCUT2D eigenvalue weighted by atomic mass is 9.86. The van der Waals surface area contributed by atoms with Crippen LogP contribution in [-0.4, -0.2) is 36.9 Å². The second-order valence-electron chi connectivity index (χ2n) is 8.55. The van der Waals surface area contributed by atoms with E-state index >= 15 is 0 Å². The number of unbranched alkanes of at least 4 members (excludes halogenated alkanes) is 1. The van der Waals surface area contributed by atoms with Crippen molar-refractivity contribution in [2.75, 3.05) is 35.8 Å². The zero-order valence-electron chi connectivity index (χ0n) is 19.7. The summed E-state index contributed by atoms with van der Waals surface area (Å²) < 4.78 is 5.09. The van der Waals surface area contributed by atoms with Crippen molar-refractivity contribution in [2.45, 2.75) is 55.6 Å². The summed E-state index contributed by atoms with van der Waals surface area (Å²) in [6.07, 6.45) is 5.88. The summed E-state index contributed by atoms with van der Waals surface area (Å²) in [6.45, 7) is 8.05. The van der Waals surface area contributed by atoms with E-state index in [4.69, 9.17) is 4.74 Å². The molecule has 3 rings (SSSR count). The van der Waals surface area contributed by atoms with Crippen LogP contribution in [-0.2, 0) is 15.3 Å². The summed E-state index contributed by atoms with van der Waals surface area (Å²) in [4.78, 5) is 16.9. The number of benzene rings is 2. The van der Waals surface area contributed by atoms with Gasteiger partial charge in [-0.25, -0.2) is 0 Å². The molecule has 1 unspecified atom stereocenters. The van der Waals surface area contributed by atoms with Crippen LogP contribution in [0.15, 0.2) is 52.3 Å². The van der Waals surface area contributed by atoms with Crippen LogP contribution in [0.3, 0.4) is 0 Å². The summed E-state index contributed by atoms with van der Waals surface area (Å²) in [6, 6.07) is 15.5. The molecule has 0 aromatic heterocycles. The highest BCUT2D eigenvalue weighted by Gasteiger charge is 2.32. The van der Waals surface area contributed by atoms with Crippen LogP contribution in [0.5, 0.6) is 0 Å². The molecule has 32 heavy (non-hydrogen) atoms. The number of hydrogen-bond acceptors (Lipinski definition) is 6. The molecule has 0 saturated carbocycles. The van der Waals surface area contributed by atoms with Crippen LogP contribution in [0.1, 0.15) is 45.6 Å². The molecule has 1 aliphatic heterocycles. The number of thioether (sulfide) groups is 3. The average molecular weight is 490 g/mol. The number of carbonyl (C=O) groups is 1. The maximum Gasteiger partial charge on any atom is 0.315 e. The lowest BCUT2D eigenvalue weighted by molar-refractivity contribution is -0.139. The van der Waals surface area contributed by atoms with Gasteiger partial charge in [0.15, 0.2) is 0 Å². The maximum atomic E-state index is 11.8. The van der Waals surface area contributed by atoms with Crippen LogP contribution in [0.2, 0.25) is 0 Å². The van der Waals surface area contributed by atoms with E-state index < -0.39 is 0 Å². The predicted molar refractivity (Wildman–Crippen MR) is 143 cm³/mol. The fourth-order valence-electron chi connectivity index (χ4n) is 4.03. The number of ether oxygens (including phenoxy) is 1. The molecule has 0 radical (unpaired) electrons. The molecule has 0 amide bonds. The highest BCUT2D eigenvalue weighted by molar-refractivity contribution is 8.00. The van der Waals surface area contributed by atoms with Crippen molar-refractivity contribution >= 4 is 52.6 Å². The molecule has 0 saturated heterocycles. The Kier molecular flexibility index (Phi) is 9.75. The fraction of sp³-hybridized carbons (Fsp3) is 0.500. The highest BCUT2D eigenvalue weighted by atomic mass is 32.2. The first-order valence-electron chi connectivity index (χ1n) is 11.4. The number of esters is 1. The van der Waals surface area contributed by atoms with Crippen molar-refractivity contribution in [3.05, 3.63) is 48.0 Å². The number of nitrogens with zero attached hydrogens (tertiary/aromatic N) is 1. The summed E-state index contributed by atoms with van der Waals surface area (Å²) in [7, 11) is 0. The van der Waals surface area contributed by atoms with Crippen molar-refractivity contribution in [1.82, 2.24) is 0 Å². The van der Waals surface area contributed by atoms with Gasteiger partial charge in [-0.2, -0.15) is 0 Å². The van der Waals surface area contributed by atoms with Crippen LogP contribution in [0, 0.1) is 5.41 Å². The quantitative estimate of drug-likeness (QED) is 0.252. The average Bonchev–Trinajstić information content (AvgIpc) is 2.95. The van der Waals surface area contributed by atoms with Gasteiger partial charge in [-0.15, -0.1) is 35.3 Å². The van der Waals surface area contributed by atoms with Crippen LogP contribution in [0.4, 0.5) is 11.4 Å². The Morgan fingerprint density at radius 3 is 2.69 bits per heavy atom. The van der Waals surface area contributed by atoms with E-state index in [0.29, 0.717) is 12.4 Å². The molecule has 0 bridgehead atoms. The Labute approximate surface area is 206 Å². The minimum Gasteiger partial charge on any atom is -0.465 e. The molecule has 0 spiro atoms. The van der Waals surface area contributed by atoms with E-state index in [1.165, 1.54) is 46.0 Å². The van der Waals surface area contributed by atoms with Crippen molar-refractivity contribution < 1.29 is 9.53 Å². The van der Waals surface area contributed by atoms with Crippen LogP contribution in [0.25, 0.3) is 0 Å². The zero-order chi connectivity index (χ0) is 23.0. The molecule has 3 nitrogen and oxygen atoms in total. The van der Waals surface area contributed by atoms with Gasteiger partial charge < -0.3 is 9.64 Å². The third-order valence-electron chi connectivity index (χ3n) is 5.75. The maximum absolute atomic E-state index is 11.8. The number of hydrogen-bond donors (Lipinski definition) is 0. The number of carbonyl (C=O) groups excluding carboxylic acids is 1. The smallest absolute Gasteiger partial charge is 0.315 e. The zero-order valence-corrected chi connectivity index (χ0v) is 22.1. The van der Waals surface area contributed by atoms with E-state index in [1.54, 1.807) is 23.5 Å². The number of rotatable bonds is 10. The fourth-order valence-corrected chi connectivity index (χ4v) is 6.83. The van der Waals surface area contributed by atoms with Gasteiger partial charge in [-0.05, 0) is 54.8 Å². The van der Waals surface area contributed by atoms with Gasteiger partial charge in [-0.3, -0.25) is 4.79 Å². The molecule has 6 heteroatoms. The Balaban J connectivity index is 1.92. The SMILES string of the molecule is CCCCC1(C)CSc2cc(CSCC(=O)OCC)c(SC)cc2N(c2ccccc2)C1. The minimum absolute atomic E-state index is 0.130. The highest BCUT2D eigenvalue weighted by Crippen LogP contribution is 2.47. The predicted octanol–water partition coefficient (Wildman–Crippen LogP) is 7.65. The minimum atomic E-state index is -0.130. The van der Waals surface area contributed by atoms with Gasteiger partial charge in [0.1, 0.15) is 0 Å². The van der Waals surface area contributed by atoms with Crippen molar-refractivity contribution in [2.24, 2.45) is 5.41 Å². The topological polar surface area (TPSA) is 29.5 Å². The van der Waals surface area contributed by atoms with Gasteiger partial charge in [0.05, 0.1) is 18.0 Å². The van der Waals surface area contributed by atoms with Crippen LogP contribution < -0.4 is 4.90 Å². The van der Waals surface area contributed by atoms with E-state index in [0.717, 1.165) is 18.1 Å². The first-order chi connectivity index (χ1) is 15.5.